The van der Waals surface area contributed by atoms with E-state index in [1.807, 2.05) is 55.5 Å². The number of thioether (sulfide) groups is 1. The smallest absolute Gasteiger partial charge is 0.262 e. The number of rotatable bonds is 5. The van der Waals surface area contributed by atoms with Crippen LogP contribution in [0.4, 0.5) is 0 Å². The molecule has 1 fully saturated rings. The molecule has 0 amide bonds. The van der Waals surface area contributed by atoms with Crippen molar-refractivity contribution in [3.8, 4) is 0 Å². The maximum Gasteiger partial charge on any atom is 0.262 e. The third kappa shape index (κ3) is 2.85. The molecule has 2 aromatic carbocycles. The van der Waals surface area contributed by atoms with Gasteiger partial charge in [0.15, 0.2) is 10.9 Å². The molecule has 140 valence electrons. The predicted octanol–water partition coefficient (Wildman–Crippen LogP) is 4.58. The molecule has 0 saturated heterocycles. The Labute approximate surface area is 165 Å². The largest absolute Gasteiger partial charge is 0.360 e. The minimum Gasteiger partial charge on any atom is -0.360 e. The second kappa shape index (κ2) is 6.63. The summed E-state index contributed by atoms with van der Waals surface area (Å²) in [5, 5.41) is 1.84. The van der Waals surface area contributed by atoms with Crippen LogP contribution in [0.3, 0.4) is 0 Å². The number of hydrogen-bond donors (Lipinski definition) is 1. The van der Waals surface area contributed by atoms with Gasteiger partial charge in [-0.15, -0.1) is 0 Å². The van der Waals surface area contributed by atoms with Crippen molar-refractivity contribution < 1.29 is 4.79 Å². The fourth-order valence-electron chi connectivity index (χ4n) is 3.57. The number of carbonyl (C=O) groups excluding carboxylic acids is 1. The van der Waals surface area contributed by atoms with Crippen molar-refractivity contribution in [2.45, 2.75) is 36.2 Å². The highest BCUT2D eigenvalue weighted by atomic mass is 32.2. The van der Waals surface area contributed by atoms with Crippen LogP contribution >= 0.6 is 11.8 Å². The molecular formula is C22H19N3O2S. The quantitative estimate of drug-likeness (QED) is 0.308. The summed E-state index contributed by atoms with van der Waals surface area (Å²) in [6.45, 7) is 1.88. The maximum atomic E-state index is 13.1. The molecule has 1 N–H and O–H groups in total. The Bertz CT molecular complexity index is 1270. The van der Waals surface area contributed by atoms with E-state index in [-0.39, 0.29) is 22.6 Å². The number of hydrogen-bond acceptors (Lipinski definition) is 4. The Balaban J connectivity index is 1.53. The van der Waals surface area contributed by atoms with Crippen LogP contribution in [0, 0.1) is 0 Å². The van der Waals surface area contributed by atoms with Gasteiger partial charge >= 0.3 is 0 Å². The number of H-pyrrole nitrogens is 1. The number of aromatic nitrogens is 3. The third-order valence-electron chi connectivity index (χ3n) is 5.19. The Morgan fingerprint density at radius 2 is 1.86 bits per heavy atom. The lowest BCUT2D eigenvalue weighted by Gasteiger charge is -2.15. The lowest BCUT2D eigenvalue weighted by Crippen LogP contribution is -2.24. The van der Waals surface area contributed by atoms with Gasteiger partial charge in [-0.1, -0.05) is 42.1 Å². The molecule has 1 aliphatic rings. The van der Waals surface area contributed by atoms with Gasteiger partial charge in [0.25, 0.3) is 5.56 Å². The topological polar surface area (TPSA) is 67.8 Å². The second-order valence-corrected chi connectivity index (χ2v) is 8.50. The van der Waals surface area contributed by atoms with Gasteiger partial charge in [-0.05, 0) is 38.0 Å². The summed E-state index contributed by atoms with van der Waals surface area (Å²) in [6, 6.07) is 15.4. The number of nitrogens with one attached hydrogen (secondary N) is 1. The summed E-state index contributed by atoms with van der Waals surface area (Å²) in [6.07, 6.45) is 3.74. The summed E-state index contributed by atoms with van der Waals surface area (Å²) < 4.78 is 1.78. The lowest BCUT2D eigenvalue weighted by atomic mass is 10.1. The van der Waals surface area contributed by atoms with Crippen molar-refractivity contribution in [1.82, 2.24) is 14.5 Å². The molecule has 0 aliphatic heterocycles. The fourth-order valence-corrected chi connectivity index (χ4v) is 4.62. The number of ketones is 1. The molecular weight excluding hydrogens is 370 g/mol. The highest BCUT2D eigenvalue weighted by molar-refractivity contribution is 8.00. The van der Waals surface area contributed by atoms with E-state index in [2.05, 4.69) is 4.98 Å². The molecule has 4 aromatic rings. The first kappa shape index (κ1) is 17.3. The minimum absolute atomic E-state index is 0.0117. The Kier molecular flexibility index (Phi) is 4.09. The van der Waals surface area contributed by atoms with Crippen molar-refractivity contribution in [2.75, 3.05) is 0 Å². The average Bonchev–Trinajstić information content (AvgIpc) is 3.45. The summed E-state index contributed by atoms with van der Waals surface area (Å²) in [4.78, 5) is 34.0. The summed E-state index contributed by atoms with van der Waals surface area (Å²) in [7, 11) is 0. The molecule has 2 heterocycles. The molecule has 1 unspecified atom stereocenters. The van der Waals surface area contributed by atoms with Gasteiger partial charge in [-0.25, -0.2) is 4.98 Å². The molecule has 5 rings (SSSR count). The van der Waals surface area contributed by atoms with E-state index < -0.39 is 0 Å². The highest BCUT2D eigenvalue weighted by Crippen LogP contribution is 2.38. The van der Waals surface area contributed by atoms with Gasteiger partial charge in [-0.2, -0.15) is 0 Å². The highest BCUT2D eigenvalue weighted by Gasteiger charge is 2.30. The Morgan fingerprint density at radius 3 is 2.64 bits per heavy atom. The number of para-hydroxylation sites is 2. The molecule has 1 atom stereocenters. The summed E-state index contributed by atoms with van der Waals surface area (Å²) in [5.74, 6) is 0.0344. The average molecular weight is 389 g/mol. The van der Waals surface area contributed by atoms with Gasteiger partial charge in [0, 0.05) is 28.7 Å². The molecule has 28 heavy (non-hydrogen) atoms. The number of nitrogens with zero attached hydrogens (tertiary/aromatic N) is 2. The predicted molar refractivity (Wildman–Crippen MR) is 112 cm³/mol. The number of fused-ring (bicyclic) bond motifs is 2. The van der Waals surface area contributed by atoms with Gasteiger partial charge in [0.2, 0.25) is 0 Å². The number of carbonyl (C=O) groups is 1. The van der Waals surface area contributed by atoms with Crippen LogP contribution in [0.5, 0.6) is 0 Å². The molecule has 0 spiro atoms. The number of benzene rings is 2. The minimum atomic E-state index is -0.350. The fraction of sp³-hybridized carbons (Fsp3) is 0.227. The molecule has 2 aromatic heterocycles. The molecule has 6 heteroatoms. The normalized spacial score (nSPS) is 15.2. The van der Waals surface area contributed by atoms with Crippen LogP contribution in [0.1, 0.15) is 36.2 Å². The van der Waals surface area contributed by atoms with Crippen LogP contribution in [-0.2, 0) is 0 Å². The first-order valence-corrected chi connectivity index (χ1v) is 10.3. The molecule has 5 nitrogen and oxygen atoms in total. The van der Waals surface area contributed by atoms with Crippen LogP contribution < -0.4 is 5.56 Å². The Morgan fingerprint density at radius 1 is 1.14 bits per heavy atom. The molecule has 1 aliphatic carbocycles. The van der Waals surface area contributed by atoms with E-state index in [4.69, 9.17) is 4.98 Å². The van der Waals surface area contributed by atoms with E-state index in [1.165, 1.54) is 11.8 Å². The van der Waals surface area contributed by atoms with E-state index in [9.17, 15) is 9.59 Å². The molecule has 0 radical (unpaired) electrons. The van der Waals surface area contributed by atoms with Crippen LogP contribution in [0.2, 0.25) is 0 Å². The molecule has 0 bridgehead atoms. The van der Waals surface area contributed by atoms with Crippen molar-refractivity contribution in [3.63, 3.8) is 0 Å². The first-order valence-electron chi connectivity index (χ1n) is 9.42. The van der Waals surface area contributed by atoms with Gasteiger partial charge in [-0.3, -0.25) is 14.2 Å². The van der Waals surface area contributed by atoms with Gasteiger partial charge in [0.05, 0.1) is 16.2 Å². The van der Waals surface area contributed by atoms with Crippen molar-refractivity contribution in [1.29, 1.82) is 0 Å². The number of Topliss-reactive ketones (excluding diaryl/α,β-unsaturated/α-hetero) is 1. The standard InChI is InChI=1S/C22H19N3O2S/c1-13(20(26)17-12-23-18-8-4-2-6-15(17)18)28-22-24-19-9-5-3-7-16(19)21(27)25(22)14-10-11-14/h2-9,12-14,23H,10-11H2,1H3. The summed E-state index contributed by atoms with van der Waals surface area (Å²) in [5.41, 5.74) is 2.29. The van der Waals surface area contributed by atoms with E-state index >= 15 is 0 Å². The van der Waals surface area contributed by atoms with Crippen LogP contribution in [0.15, 0.2) is 64.7 Å². The van der Waals surface area contributed by atoms with E-state index in [0.29, 0.717) is 21.6 Å². The zero-order chi connectivity index (χ0) is 19.3. The van der Waals surface area contributed by atoms with Crippen molar-refractivity contribution in [2.24, 2.45) is 0 Å². The second-order valence-electron chi connectivity index (χ2n) is 7.19. The van der Waals surface area contributed by atoms with Crippen LogP contribution in [-0.4, -0.2) is 25.6 Å². The van der Waals surface area contributed by atoms with Crippen molar-refractivity contribution >= 4 is 39.4 Å². The van der Waals surface area contributed by atoms with Crippen LogP contribution in [0.25, 0.3) is 21.8 Å². The monoisotopic (exact) mass is 389 g/mol. The van der Waals surface area contributed by atoms with Gasteiger partial charge < -0.3 is 4.98 Å². The molecule has 1 saturated carbocycles. The Hall–Kier alpha value is -2.86. The zero-order valence-corrected chi connectivity index (χ0v) is 16.2. The number of aromatic amines is 1. The zero-order valence-electron chi connectivity index (χ0n) is 15.4. The third-order valence-corrected chi connectivity index (χ3v) is 6.26. The van der Waals surface area contributed by atoms with Crippen molar-refractivity contribution in [3.05, 3.63) is 70.6 Å². The summed E-state index contributed by atoms with van der Waals surface area (Å²) >= 11 is 1.37. The SMILES string of the molecule is CC(Sc1nc2ccccc2c(=O)n1C1CC1)C(=O)c1c[nH]c2ccccc12. The lowest BCUT2D eigenvalue weighted by molar-refractivity contribution is 0.0995. The van der Waals surface area contributed by atoms with E-state index in [1.54, 1.807) is 10.8 Å². The van der Waals surface area contributed by atoms with Gasteiger partial charge in [0.1, 0.15) is 0 Å². The first-order chi connectivity index (χ1) is 13.6. The maximum absolute atomic E-state index is 13.1. The van der Waals surface area contributed by atoms with E-state index in [0.717, 1.165) is 23.7 Å².